The highest BCUT2D eigenvalue weighted by molar-refractivity contribution is 5.55. The Morgan fingerprint density at radius 2 is 2.04 bits per heavy atom. The minimum absolute atomic E-state index is 0.0994. The Hall–Kier alpha value is -2.37. The molecule has 1 aromatic carbocycles. The molecule has 23 heavy (non-hydrogen) atoms. The minimum atomic E-state index is -0.379. The molecule has 1 N–H and O–H groups in total. The van der Waals surface area contributed by atoms with Gasteiger partial charge in [0.05, 0.1) is 16.3 Å². The van der Waals surface area contributed by atoms with Crippen molar-refractivity contribution in [2.45, 2.75) is 39.5 Å². The van der Waals surface area contributed by atoms with Crippen LogP contribution in [0.3, 0.4) is 0 Å². The van der Waals surface area contributed by atoms with Gasteiger partial charge in [0, 0.05) is 24.2 Å². The average molecular weight is 314 g/mol. The topological polar surface area (TPSA) is 73.0 Å². The number of nitro groups is 1. The van der Waals surface area contributed by atoms with E-state index in [1.165, 1.54) is 17.7 Å². The van der Waals surface area contributed by atoms with Gasteiger partial charge in [-0.2, -0.15) is 5.10 Å². The molecule has 6 nitrogen and oxygen atoms in total. The summed E-state index contributed by atoms with van der Waals surface area (Å²) in [6.07, 6.45) is 4.30. The Kier molecular flexibility index (Phi) is 4.32. The number of fused-ring (bicyclic) bond motifs is 1. The molecule has 0 radical (unpaired) electrons. The van der Waals surface area contributed by atoms with Gasteiger partial charge in [-0.25, -0.2) is 4.68 Å². The Bertz CT molecular complexity index is 704. The van der Waals surface area contributed by atoms with Crippen LogP contribution in [-0.4, -0.2) is 21.2 Å². The predicted octanol–water partition coefficient (Wildman–Crippen LogP) is 3.73. The van der Waals surface area contributed by atoms with Crippen molar-refractivity contribution in [2.24, 2.45) is 5.92 Å². The van der Waals surface area contributed by atoms with Crippen molar-refractivity contribution in [3.05, 3.63) is 45.6 Å². The number of hydrogen-bond acceptors (Lipinski definition) is 4. The molecule has 3 rings (SSSR count). The number of benzene rings is 1. The lowest BCUT2D eigenvalue weighted by molar-refractivity contribution is -0.384. The standard InChI is InChI=1S/C17H22N4O2/c1-12(2)11-16-15-5-3-4-10-18-17(15)20(19-16)13-6-8-14(9-7-13)21(22)23/h6-9,12,18H,3-5,10-11H2,1-2H3. The van der Waals surface area contributed by atoms with Gasteiger partial charge in [-0.15, -0.1) is 0 Å². The monoisotopic (exact) mass is 314 g/mol. The van der Waals surface area contributed by atoms with Crippen LogP contribution in [0.5, 0.6) is 0 Å². The normalized spacial score (nSPS) is 14.2. The first-order valence-electron chi connectivity index (χ1n) is 8.15. The molecule has 0 unspecified atom stereocenters. The Labute approximate surface area is 135 Å². The van der Waals surface area contributed by atoms with Crippen LogP contribution in [0.25, 0.3) is 5.69 Å². The van der Waals surface area contributed by atoms with Gasteiger partial charge >= 0.3 is 0 Å². The maximum atomic E-state index is 10.8. The molecule has 1 aliphatic rings. The van der Waals surface area contributed by atoms with Crippen molar-refractivity contribution in [1.29, 1.82) is 0 Å². The van der Waals surface area contributed by atoms with E-state index in [0.717, 1.165) is 49.4 Å². The first-order valence-corrected chi connectivity index (χ1v) is 8.15. The molecular weight excluding hydrogens is 292 g/mol. The van der Waals surface area contributed by atoms with Crippen molar-refractivity contribution < 1.29 is 4.92 Å². The largest absolute Gasteiger partial charge is 0.370 e. The predicted molar refractivity (Wildman–Crippen MR) is 90.2 cm³/mol. The molecule has 0 aliphatic carbocycles. The van der Waals surface area contributed by atoms with Crippen LogP contribution in [0.1, 0.15) is 37.9 Å². The van der Waals surface area contributed by atoms with Gasteiger partial charge in [0.2, 0.25) is 0 Å². The third-order valence-electron chi connectivity index (χ3n) is 4.12. The van der Waals surface area contributed by atoms with Gasteiger partial charge in [0.25, 0.3) is 5.69 Å². The zero-order valence-electron chi connectivity index (χ0n) is 13.6. The van der Waals surface area contributed by atoms with E-state index in [9.17, 15) is 10.1 Å². The zero-order chi connectivity index (χ0) is 16.4. The summed E-state index contributed by atoms with van der Waals surface area (Å²) in [7, 11) is 0. The molecule has 0 amide bonds. The van der Waals surface area contributed by atoms with Crippen LogP contribution in [-0.2, 0) is 12.8 Å². The Morgan fingerprint density at radius 3 is 2.70 bits per heavy atom. The van der Waals surface area contributed by atoms with Gasteiger partial charge in [-0.3, -0.25) is 10.1 Å². The lowest BCUT2D eigenvalue weighted by Crippen LogP contribution is -2.07. The molecule has 0 atom stereocenters. The maximum absolute atomic E-state index is 10.8. The molecule has 1 aromatic heterocycles. The van der Waals surface area contributed by atoms with Gasteiger partial charge in [0.1, 0.15) is 5.82 Å². The van der Waals surface area contributed by atoms with E-state index in [1.54, 1.807) is 12.1 Å². The highest BCUT2D eigenvalue weighted by Crippen LogP contribution is 2.29. The van der Waals surface area contributed by atoms with Gasteiger partial charge in [-0.05, 0) is 43.7 Å². The van der Waals surface area contributed by atoms with Crippen LogP contribution in [0.2, 0.25) is 0 Å². The molecule has 0 saturated heterocycles. The summed E-state index contributed by atoms with van der Waals surface area (Å²) in [5.74, 6) is 1.59. The van der Waals surface area contributed by atoms with E-state index in [1.807, 2.05) is 4.68 Å². The van der Waals surface area contributed by atoms with Crippen LogP contribution < -0.4 is 5.32 Å². The quantitative estimate of drug-likeness (QED) is 0.689. The fourth-order valence-corrected chi connectivity index (χ4v) is 3.03. The number of non-ortho nitro benzene ring substituents is 1. The fraction of sp³-hybridized carbons (Fsp3) is 0.471. The number of hydrogen-bond donors (Lipinski definition) is 1. The number of nitrogens with one attached hydrogen (secondary N) is 1. The second-order valence-electron chi connectivity index (χ2n) is 6.44. The van der Waals surface area contributed by atoms with Crippen LogP contribution >= 0.6 is 0 Å². The van der Waals surface area contributed by atoms with E-state index < -0.39 is 0 Å². The number of nitrogens with zero attached hydrogens (tertiary/aromatic N) is 3. The lowest BCUT2D eigenvalue weighted by atomic mass is 10.0. The van der Waals surface area contributed by atoms with Crippen LogP contribution in [0.4, 0.5) is 11.5 Å². The van der Waals surface area contributed by atoms with E-state index in [-0.39, 0.29) is 10.6 Å². The fourth-order valence-electron chi connectivity index (χ4n) is 3.03. The summed E-state index contributed by atoms with van der Waals surface area (Å²) in [4.78, 5) is 10.4. The second-order valence-corrected chi connectivity index (χ2v) is 6.44. The lowest BCUT2D eigenvalue weighted by Gasteiger charge is -2.09. The van der Waals surface area contributed by atoms with Gasteiger partial charge < -0.3 is 5.32 Å². The van der Waals surface area contributed by atoms with Crippen LogP contribution in [0.15, 0.2) is 24.3 Å². The SMILES string of the molecule is CC(C)Cc1nn(-c2ccc([N+](=O)[O-])cc2)c2c1CCCCN2. The maximum Gasteiger partial charge on any atom is 0.269 e. The Balaban J connectivity index is 2.04. The first-order chi connectivity index (χ1) is 11.1. The summed E-state index contributed by atoms with van der Waals surface area (Å²) in [6, 6.07) is 6.58. The van der Waals surface area contributed by atoms with E-state index in [0.29, 0.717) is 5.92 Å². The molecule has 0 fully saturated rings. The molecule has 2 aromatic rings. The number of anilines is 1. The second kappa shape index (κ2) is 6.40. The average Bonchev–Trinajstić information content (AvgIpc) is 2.71. The van der Waals surface area contributed by atoms with Crippen LogP contribution in [0, 0.1) is 16.0 Å². The molecule has 0 spiro atoms. The minimum Gasteiger partial charge on any atom is -0.370 e. The molecular formula is C17H22N4O2. The molecule has 0 saturated carbocycles. The summed E-state index contributed by atoms with van der Waals surface area (Å²) in [6.45, 7) is 5.33. The summed E-state index contributed by atoms with van der Waals surface area (Å²) in [5, 5.41) is 19.1. The number of rotatable bonds is 4. The molecule has 2 heterocycles. The molecule has 122 valence electrons. The van der Waals surface area contributed by atoms with Crippen molar-refractivity contribution >= 4 is 11.5 Å². The molecule has 0 bridgehead atoms. The Morgan fingerprint density at radius 1 is 1.30 bits per heavy atom. The summed E-state index contributed by atoms with van der Waals surface area (Å²) in [5.41, 5.74) is 3.40. The summed E-state index contributed by atoms with van der Waals surface area (Å²) < 4.78 is 1.90. The van der Waals surface area contributed by atoms with E-state index in [2.05, 4.69) is 19.2 Å². The van der Waals surface area contributed by atoms with Crippen molar-refractivity contribution in [3.63, 3.8) is 0 Å². The van der Waals surface area contributed by atoms with Crippen molar-refractivity contribution in [1.82, 2.24) is 9.78 Å². The van der Waals surface area contributed by atoms with Gasteiger partial charge in [-0.1, -0.05) is 13.8 Å². The van der Waals surface area contributed by atoms with Crippen molar-refractivity contribution in [2.75, 3.05) is 11.9 Å². The highest BCUT2D eigenvalue weighted by atomic mass is 16.6. The van der Waals surface area contributed by atoms with Crippen molar-refractivity contribution in [3.8, 4) is 5.69 Å². The van der Waals surface area contributed by atoms with Gasteiger partial charge in [0.15, 0.2) is 0 Å². The van der Waals surface area contributed by atoms with E-state index in [4.69, 9.17) is 5.10 Å². The third kappa shape index (κ3) is 3.21. The number of aromatic nitrogens is 2. The first kappa shape index (κ1) is 15.5. The molecule has 6 heteroatoms. The smallest absolute Gasteiger partial charge is 0.269 e. The number of nitro benzene ring substituents is 1. The molecule has 1 aliphatic heterocycles. The van der Waals surface area contributed by atoms with E-state index >= 15 is 0 Å². The zero-order valence-corrected chi connectivity index (χ0v) is 13.6. The third-order valence-corrected chi connectivity index (χ3v) is 4.12. The highest BCUT2D eigenvalue weighted by Gasteiger charge is 2.21. The summed E-state index contributed by atoms with van der Waals surface area (Å²) >= 11 is 0.